The Labute approximate surface area is 245 Å². The van der Waals surface area contributed by atoms with Crippen LogP contribution in [0.2, 0.25) is 10.0 Å². The van der Waals surface area contributed by atoms with Crippen molar-refractivity contribution in [3.8, 4) is 5.75 Å². The molecule has 8 nitrogen and oxygen atoms in total. The average Bonchev–Trinajstić information content (AvgIpc) is 2.89. The molecule has 0 heterocycles. The van der Waals surface area contributed by atoms with Crippen LogP contribution in [0.5, 0.6) is 5.75 Å². The Morgan fingerprint density at radius 1 is 0.950 bits per heavy atom. The molecule has 214 valence electrons. The zero-order valence-corrected chi connectivity index (χ0v) is 25.3. The van der Waals surface area contributed by atoms with E-state index in [2.05, 4.69) is 5.32 Å². The summed E-state index contributed by atoms with van der Waals surface area (Å²) in [5.41, 5.74) is 0.305. The van der Waals surface area contributed by atoms with Crippen LogP contribution >= 0.6 is 23.2 Å². The van der Waals surface area contributed by atoms with Crippen LogP contribution in [0, 0.1) is 0 Å². The number of benzene rings is 3. The van der Waals surface area contributed by atoms with Crippen LogP contribution < -0.4 is 14.4 Å². The number of nitrogens with one attached hydrogen (secondary N) is 1. The third kappa shape index (κ3) is 8.13. The van der Waals surface area contributed by atoms with Crippen molar-refractivity contribution in [1.82, 2.24) is 10.2 Å². The number of carbonyl (C=O) groups excluding carboxylic acids is 2. The Hall–Kier alpha value is -3.27. The first-order valence-corrected chi connectivity index (χ1v) is 14.7. The smallest absolute Gasteiger partial charge is 0.264 e. The third-order valence-corrected chi connectivity index (χ3v) is 8.15. The molecule has 3 aromatic carbocycles. The monoisotopic (exact) mass is 605 g/mol. The Kier molecular flexibility index (Phi) is 10.1. The SMILES string of the molecule is COc1ccc(CN(C(=O)CN(c2cc(Cl)cc(Cl)c2)S(=O)(=O)c2ccccc2)[C@@H](C)C(=O)NC(C)(C)C)cc1. The Balaban J connectivity index is 2.05. The van der Waals surface area contributed by atoms with Gasteiger partial charge < -0.3 is 15.0 Å². The predicted octanol–water partition coefficient (Wildman–Crippen LogP) is 5.53. The van der Waals surface area contributed by atoms with E-state index in [-0.39, 0.29) is 33.1 Å². The second-order valence-corrected chi connectivity index (χ2v) is 13.0. The normalized spacial score (nSPS) is 12.4. The molecule has 1 atom stereocenters. The molecule has 0 radical (unpaired) electrons. The van der Waals surface area contributed by atoms with Crippen LogP contribution in [0.15, 0.2) is 77.7 Å². The van der Waals surface area contributed by atoms with Crippen LogP contribution in [0.3, 0.4) is 0 Å². The fourth-order valence-corrected chi connectivity index (χ4v) is 5.85. The van der Waals surface area contributed by atoms with E-state index in [0.29, 0.717) is 5.75 Å². The van der Waals surface area contributed by atoms with E-state index in [1.807, 2.05) is 20.8 Å². The summed E-state index contributed by atoms with van der Waals surface area (Å²) in [7, 11) is -2.67. The largest absolute Gasteiger partial charge is 0.497 e. The molecule has 40 heavy (non-hydrogen) atoms. The van der Waals surface area contributed by atoms with E-state index >= 15 is 0 Å². The van der Waals surface area contributed by atoms with Crippen LogP contribution in [0.4, 0.5) is 5.69 Å². The minimum absolute atomic E-state index is 0.0147. The second-order valence-electron chi connectivity index (χ2n) is 10.2. The molecule has 0 aromatic heterocycles. The average molecular weight is 607 g/mol. The van der Waals surface area contributed by atoms with E-state index < -0.39 is 34.1 Å². The molecular weight excluding hydrogens is 573 g/mol. The molecule has 3 aromatic rings. The maximum absolute atomic E-state index is 14.0. The summed E-state index contributed by atoms with van der Waals surface area (Å²) in [6, 6.07) is 18.2. The Morgan fingerprint density at radius 2 is 1.52 bits per heavy atom. The molecular formula is C29H33Cl2N3O5S. The fourth-order valence-electron chi connectivity index (χ4n) is 3.92. The van der Waals surface area contributed by atoms with Crippen molar-refractivity contribution in [1.29, 1.82) is 0 Å². The molecule has 3 rings (SSSR count). The van der Waals surface area contributed by atoms with Gasteiger partial charge in [-0.05, 0) is 75.7 Å². The van der Waals surface area contributed by atoms with Gasteiger partial charge in [0.1, 0.15) is 18.3 Å². The quantitative estimate of drug-likeness (QED) is 0.328. The second kappa shape index (κ2) is 12.9. The molecule has 0 bridgehead atoms. The number of hydrogen-bond acceptors (Lipinski definition) is 5. The molecule has 0 fully saturated rings. The van der Waals surface area contributed by atoms with Gasteiger partial charge in [-0.3, -0.25) is 13.9 Å². The number of hydrogen-bond donors (Lipinski definition) is 1. The zero-order valence-electron chi connectivity index (χ0n) is 23.0. The molecule has 0 unspecified atom stereocenters. The van der Waals surface area contributed by atoms with Crippen molar-refractivity contribution in [3.63, 3.8) is 0 Å². The first-order valence-electron chi connectivity index (χ1n) is 12.5. The Bertz CT molecular complexity index is 1420. The molecule has 2 amide bonds. The molecule has 1 N–H and O–H groups in total. The first kappa shape index (κ1) is 31.3. The van der Waals surface area contributed by atoms with Gasteiger partial charge in [0, 0.05) is 22.1 Å². The van der Waals surface area contributed by atoms with Crippen molar-refractivity contribution in [2.45, 2.75) is 50.7 Å². The highest BCUT2D eigenvalue weighted by Gasteiger charge is 2.33. The van der Waals surface area contributed by atoms with Crippen LogP contribution in [0.1, 0.15) is 33.3 Å². The van der Waals surface area contributed by atoms with Crippen molar-refractivity contribution in [2.24, 2.45) is 0 Å². The van der Waals surface area contributed by atoms with Gasteiger partial charge in [0.15, 0.2) is 0 Å². The summed E-state index contributed by atoms with van der Waals surface area (Å²) in [6.07, 6.45) is 0. The van der Waals surface area contributed by atoms with Crippen molar-refractivity contribution < 1.29 is 22.7 Å². The molecule has 11 heteroatoms. The molecule has 0 saturated carbocycles. The minimum Gasteiger partial charge on any atom is -0.497 e. The summed E-state index contributed by atoms with van der Waals surface area (Å²) >= 11 is 12.4. The summed E-state index contributed by atoms with van der Waals surface area (Å²) in [5, 5.41) is 3.30. The molecule has 0 spiro atoms. The first-order chi connectivity index (χ1) is 18.7. The highest BCUT2D eigenvalue weighted by atomic mass is 35.5. The van der Waals surface area contributed by atoms with Gasteiger partial charge in [-0.15, -0.1) is 0 Å². The fraction of sp³-hybridized carbons (Fsp3) is 0.310. The lowest BCUT2D eigenvalue weighted by atomic mass is 10.1. The Morgan fingerprint density at radius 3 is 2.05 bits per heavy atom. The van der Waals surface area contributed by atoms with Crippen molar-refractivity contribution in [2.75, 3.05) is 18.0 Å². The number of methoxy groups -OCH3 is 1. The lowest BCUT2D eigenvalue weighted by Crippen LogP contribution is -2.54. The van der Waals surface area contributed by atoms with Gasteiger partial charge in [-0.1, -0.05) is 53.5 Å². The van der Waals surface area contributed by atoms with Gasteiger partial charge in [-0.2, -0.15) is 0 Å². The van der Waals surface area contributed by atoms with E-state index in [9.17, 15) is 18.0 Å². The van der Waals surface area contributed by atoms with Crippen molar-refractivity contribution >= 4 is 50.7 Å². The molecule has 0 aliphatic carbocycles. The van der Waals surface area contributed by atoms with Crippen LogP contribution in [-0.4, -0.2) is 50.4 Å². The molecule has 0 saturated heterocycles. The van der Waals surface area contributed by atoms with Gasteiger partial charge >= 0.3 is 0 Å². The number of anilines is 1. The summed E-state index contributed by atoms with van der Waals surface area (Å²) in [5.74, 6) is -0.335. The maximum Gasteiger partial charge on any atom is 0.264 e. The van der Waals surface area contributed by atoms with E-state index in [1.54, 1.807) is 56.5 Å². The third-order valence-electron chi connectivity index (χ3n) is 5.92. The highest BCUT2D eigenvalue weighted by molar-refractivity contribution is 7.92. The number of carbonyl (C=O) groups is 2. The number of ether oxygens (including phenoxy) is 1. The molecule has 0 aliphatic heterocycles. The summed E-state index contributed by atoms with van der Waals surface area (Å²) in [6.45, 7) is 6.57. The van der Waals surface area contributed by atoms with Gasteiger partial charge in [-0.25, -0.2) is 8.42 Å². The van der Waals surface area contributed by atoms with E-state index in [1.165, 1.54) is 35.2 Å². The van der Waals surface area contributed by atoms with E-state index in [4.69, 9.17) is 27.9 Å². The standard InChI is InChI=1S/C29H33Cl2N3O5S/c1-20(28(36)32-29(2,3)4)33(18-21-11-13-25(39-5)14-12-21)27(35)19-34(24-16-22(30)15-23(31)17-24)40(37,38)26-9-7-6-8-10-26/h6-17,20H,18-19H2,1-5H3,(H,32,36)/t20-/m0/s1. The van der Waals surface area contributed by atoms with Crippen LogP contribution in [-0.2, 0) is 26.2 Å². The van der Waals surface area contributed by atoms with E-state index in [0.717, 1.165) is 9.87 Å². The van der Waals surface area contributed by atoms with Crippen LogP contribution in [0.25, 0.3) is 0 Å². The van der Waals surface area contributed by atoms with Gasteiger partial charge in [0.2, 0.25) is 11.8 Å². The highest BCUT2D eigenvalue weighted by Crippen LogP contribution is 2.30. The number of halogens is 2. The molecule has 0 aliphatic rings. The number of nitrogens with zero attached hydrogens (tertiary/aromatic N) is 2. The summed E-state index contributed by atoms with van der Waals surface area (Å²) in [4.78, 5) is 28.5. The lowest BCUT2D eigenvalue weighted by molar-refractivity contribution is -0.140. The van der Waals surface area contributed by atoms with Gasteiger partial charge in [0.25, 0.3) is 10.0 Å². The number of rotatable bonds is 10. The van der Waals surface area contributed by atoms with Crippen molar-refractivity contribution in [3.05, 3.63) is 88.4 Å². The zero-order chi connectivity index (χ0) is 29.7. The topological polar surface area (TPSA) is 96.0 Å². The maximum atomic E-state index is 14.0. The van der Waals surface area contributed by atoms with Gasteiger partial charge in [0.05, 0.1) is 17.7 Å². The summed E-state index contributed by atoms with van der Waals surface area (Å²) < 4.78 is 33.8. The predicted molar refractivity (Wildman–Crippen MR) is 158 cm³/mol. The minimum atomic E-state index is -4.22. The number of amides is 2. The number of sulfonamides is 1. The lowest BCUT2D eigenvalue weighted by Gasteiger charge is -2.33.